The molecule has 6 heteroatoms. The first-order valence-corrected chi connectivity index (χ1v) is 9.56. The summed E-state index contributed by atoms with van der Waals surface area (Å²) < 4.78 is 14.0. The van der Waals surface area contributed by atoms with Crippen LogP contribution in [0.4, 0.5) is 10.1 Å². The van der Waals surface area contributed by atoms with Crippen LogP contribution in [0.15, 0.2) is 71.7 Å². The second kappa shape index (κ2) is 9.68. The van der Waals surface area contributed by atoms with Crippen LogP contribution in [0.2, 0.25) is 0 Å². The Bertz CT molecular complexity index is 1010. The first kappa shape index (κ1) is 20.3. The van der Waals surface area contributed by atoms with Crippen LogP contribution >= 0.6 is 0 Å². The molecule has 0 spiro atoms. The van der Waals surface area contributed by atoms with Gasteiger partial charge >= 0.3 is 0 Å². The van der Waals surface area contributed by atoms with Crippen LogP contribution in [-0.2, 0) is 13.0 Å². The number of hydrogen-bond donors (Lipinski definition) is 1. The molecule has 150 valence electrons. The van der Waals surface area contributed by atoms with Crippen molar-refractivity contribution in [2.24, 2.45) is 0 Å². The summed E-state index contributed by atoms with van der Waals surface area (Å²) in [5.41, 5.74) is 1.95. The molecule has 0 saturated heterocycles. The molecule has 29 heavy (non-hydrogen) atoms. The third-order valence-corrected chi connectivity index (χ3v) is 4.47. The Labute approximate surface area is 168 Å². The Morgan fingerprint density at radius 2 is 1.72 bits per heavy atom. The zero-order valence-electron chi connectivity index (χ0n) is 16.2. The van der Waals surface area contributed by atoms with E-state index in [1.54, 1.807) is 18.2 Å². The third-order valence-electron chi connectivity index (χ3n) is 4.47. The van der Waals surface area contributed by atoms with Crippen molar-refractivity contribution >= 4 is 11.6 Å². The van der Waals surface area contributed by atoms with Gasteiger partial charge in [-0.15, -0.1) is 0 Å². The molecule has 1 heterocycles. The highest BCUT2D eigenvalue weighted by atomic mass is 19.1. The monoisotopic (exact) mass is 394 g/mol. The second-order valence-electron chi connectivity index (χ2n) is 6.71. The average molecular weight is 394 g/mol. The first-order valence-electron chi connectivity index (χ1n) is 9.56. The van der Waals surface area contributed by atoms with Crippen molar-refractivity contribution in [1.82, 2.24) is 4.73 Å². The van der Waals surface area contributed by atoms with Gasteiger partial charge in [-0.3, -0.25) is 9.59 Å². The van der Waals surface area contributed by atoms with Crippen LogP contribution in [0.25, 0.3) is 0 Å². The van der Waals surface area contributed by atoms with Gasteiger partial charge in [0.2, 0.25) is 0 Å². The summed E-state index contributed by atoms with van der Waals surface area (Å²) in [5.74, 6) is -0.848. The van der Waals surface area contributed by atoms with E-state index in [4.69, 9.17) is 4.84 Å². The molecule has 0 radical (unpaired) electrons. The van der Waals surface area contributed by atoms with Gasteiger partial charge in [-0.1, -0.05) is 37.6 Å². The van der Waals surface area contributed by atoms with Crippen molar-refractivity contribution in [2.75, 3.05) is 5.32 Å². The van der Waals surface area contributed by atoms with E-state index in [-0.39, 0.29) is 18.0 Å². The molecule has 0 aliphatic rings. The summed E-state index contributed by atoms with van der Waals surface area (Å²) in [6.45, 7) is 2.22. The van der Waals surface area contributed by atoms with Gasteiger partial charge in [0.1, 0.15) is 18.0 Å². The summed E-state index contributed by atoms with van der Waals surface area (Å²) >= 11 is 0. The van der Waals surface area contributed by atoms with E-state index < -0.39 is 11.5 Å². The quantitative estimate of drug-likeness (QED) is 0.623. The van der Waals surface area contributed by atoms with Gasteiger partial charge in [-0.05, 0) is 60.4 Å². The van der Waals surface area contributed by atoms with E-state index in [2.05, 4.69) is 12.2 Å². The summed E-state index contributed by atoms with van der Waals surface area (Å²) in [6, 6.07) is 16.4. The maximum atomic E-state index is 13.0. The molecule has 0 unspecified atom stereocenters. The lowest BCUT2D eigenvalue weighted by atomic mass is 10.1. The van der Waals surface area contributed by atoms with Gasteiger partial charge < -0.3 is 10.2 Å². The maximum absolute atomic E-state index is 13.0. The number of aryl methyl sites for hydroxylation is 1. The van der Waals surface area contributed by atoms with Crippen LogP contribution in [0.5, 0.6) is 0 Å². The fourth-order valence-corrected chi connectivity index (χ4v) is 2.81. The van der Waals surface area contributed by atoms with Gasteiger partial charge in [0.05, 0.1) is 0 Å². The van der Waals surface area contributed by atoms with Crippen molar-refractivity contribution in [2.45, 2.75) is 32.8 Å². The Morgan fingerprint density at radius 1 is 1.03 bits per heavy atom. The number of aromatic nitrogens is 1. The number of hydrogen-bond acceptors (Lipinski definition) is 3. The lowest BCUT2D eigenvalue weighted by molar-refractivity contribution is 0.0863. The maximum Gasteiger partial charge on any atom is 0.295 e. The number of rotatable bonds is 8. The Morgan fingerprint density at radius 3 is 2.41 bits per heavy atom. The fourth-order valence-electron chi connectivity index (χ4n) is 2.81. The number of unbranched alkanes of at least 4 members (excludes halogenated alkanes) is 1. The SMILES string of the molecule is CCCCc1ccc(NC(=O)c2cccn(OCc3ccc(F)cc3)c2=O)cc1. The largest absolute Gasteiger partial charge is 0.406 e. The highest BCUT2D eigenvalue weighted by molar-refractivity contribution is 6.03. The number of amides is 1. The van der Waals surface area contributed by atoms with E-state index in [1.165, 1.54) is 30.0 Å². The van der Waals surface area contributed by atoms with Crippen LogP contribution < -0.4 is 15.7 Å². The fraction of sp³-hybridized carbons (Fsp3) is 0.217. The molecule has 0 bridgehead atoms. The molecule has 2 aromatic carbocycles. The first-order chi connectivity index (χ1) is 14.1. The van der Waals surface area contributed by atoms with Gasteiger partial charge in [0.15, 0.2) is 0 Å². The minimum Gasteiger partial charge on any atom is -0.406 e. The van der Waals surface area contributed by atoms with Crippen LogP contribution in [-0.4, -0.2) is 10.6 Å². The molecule has 0 atom stereocenters. The van der Waals surface area contributed by atoms with Crippen molar-refractivity contribution in [1.29, 1.82) is 0 Å². The summed E-state index contributed by atoms with van der Waals surface area (Å²) in [5, 5.41) is 2.74. The van der Waals surface area contributed by atoms with Crippen LogP contribution in [0.3, 0.4) is 0 Å². The highest BCUT2D eigenvalue weighted by Gasteiger charge is 2.13. The third kappa shape index (κ3) is 5.54. The number of nitrogens with one attached hydrogen (secondary N) is 1. The van der Waals surface area contributed by atoms with E-state index in [0.29, 0.717) is 11.3 Å². The smallest absolute Gasteiger partial charge is 0.295 e. The van der Waals surface area contributed by atoms with Crippen molar-refractivity contribution in [3.8, 4) is 0 Å². The Balaban J connectivity index is 1.67. The molecule has 3 rings (SSSR count). The van der Waals surface area contributed by atoms with E-state index in [0.717, 1.165) is 24.0 Å². The number of carbonyl (C=O) groups is 1. The molecule has 0 fully saturated rings. The standard InChI is InChI=1S/C23H23FN2O3/c1-2-3-5-17-9-13-20(14-10-17)25-22(27)21-6-4-15-26(23(21)28)29-16-18-7-11-19(24)12-8-18/h4,6-15H,2-3,5,16H2,1H3,(H,25,27). The number of nitrogens with zero attached hydrogens (tertiary/aromatic N) is 1. The lowest BCUT2D eigenvalue weighted by Crippen LogP contribution is -2.32. The van der Waals surface area contributed by atoms with Crippen molar-refractivity contribution in [3.05, 3.63) is 99.7 Å². The minimum absolute atomic E-state index is 0.0262. The molecule has 1 aromatic heterocycles. The second-order valence-corrected chi connectivity index (χ2v) is 6.71. The lowest BCUT2D eigenvalue weighted by Gasteiger charge is -2.10. The summed E-state index contributed by atoms with van der Waals surface area (Å²) in [7, 11) is 0. The molecular weight excluding hydrogens is 371 g/mol. The van der Waals surface area contributed by atoms with E-state index in [1.807, 2.05) is 24.3 Å². The summed E-state index contributed by atoms with van der Waals surface area (Å²) in [6.07, 6.45) is 4.68. The molecule has 0 aliphatic heterocycles. The van der Waals surface area contributed by atoms with Crippen molar-refractivity contribution < 1.29 is 14.0 Å². The predicted molar refractivity (Wildman–Crippen MR) is 110 cm³/mol. The highest BCUT2D eigenvalue weighted by Crippen LogP contribution is 2.12. The van der Waals surface area contributed by atoms with Gasteiger partial charge in [-0.2, -0.15) is 4.73 Å². The minimum atomic E-state index is -0.563. The van der Waals surface area contributed by atoms with Gasteiger partial charge in [0, 0.05) is 11.9 Å². The zero-order valence-corrected chi connectivity index (χ0v) is 16.2. The van der Waals surface area contributed by atoms with Crippen molar-refractivity contribution in [3.63, 3.8) is 0 Å². The normalized spacial score (nSPS) is 10.6. The number of benzene rings is 2. The Hall–Kier alpha value is -3.41. The zero-order chi connectivity index (χ0) is 20.6. The topological polar surface area (TPSA) is 60.3 Å². The average Bonchev–Trinajstić information content (AvgIpc) is 2.73. The molecule has 0 saturated carbocycles. The van der Waals surface area contributed by atoms with Crippen LogP contribution in [0.1, 0.15) is 41.3 Å². The molecule has 1 N–H and O–H groups in total. The molecule has 0 aliphatic carbocycles. The Kier molecular flexibility index (Phi) is 6.79. The number of carbonyl (C=O) groups excluding carboxylic acids is 1. The molecule has 1 amide bonds. The van der Waals surface area contributed by atoms with E-state index >= 15 is 0 Å². The predicted octanol–water partition coefficient (Wildman–Crippen LogP) is 4.21. The van der Waals surface area contributed by atoms with Gasteiger partial charge in [-0.25, -0.2) is 4.39 Å². The number of pyridine rings is 1. The number of anilines is 1. The molecular formula is C23H23FN2O3. The summed E-state index contributed by atoms with van der Waals surface area (Å²) in [4.78, 5) is 30.6. The van der Waals surface area contributed by atoms with E-state index in [9.17, 15) is 14.0 Å². The van der Waals surface area contributed by atoms with Crippen LogP contribution in [0, 0.1) is 5.82 Å². The molecule has 3 aromatic rings. The number of halogens is 1. The molecule has 5 nitrogen and oxygen atoms in total. The van der Waals surface area contributed by atoms with Gasteiger partial charge in [0.25, 0.3) is 11.5 Å².